The van der Waals surface area contributed by atoms with Gasteiger partial charge in [0.2, 0.25) is 0 Å². The average Bonchev–Trinajstić information content (AvgIpc) is 2.86. The molecule has 2 amide bonds. The number of pyridine rings is 1. The zero-order valence-corrected chi connectivity index (χ0v) is 12.6. The highest BCUT2D eigenvalue weighted by atomic mass is 32.1. The van der Waals surface area contributed by atoms with Crippen molar-refractivity contribution in [3.05, 3.63) is 59.9 Å². The number of hydrogen-bond donors (Lipinski definition) is 1. The molecule has 1 unspecified atom stereocenters. The molecule has 1 fully saturated rings. The maximum absolute atomic E-state index is 12.5. The first-order valence-corrected chi connectivity index (χ1v) is 7.33. The maximum Gasteiger partial charge on any atom is 0.364 e. The van der Waals surface area contributed by atoms with E-state index in [-0.39, 0.29) is 12.1 Å². The van der Waals surface area contributed by atoms with Gasteiger partial charge >= 0.3 is 6.03 Å². The van der Waals surface area contributed by atoms with E-state index in [2.05, 4.69) is 17.9 Å². The van der Waals surface area contributed by atoms with Gasteiger partial charge in [0.25, 0.3) is 0 Å². The number of aromatic nitrogens is 1. The lowest BCUT2D eigenvalue weighted by Crippen LogP contribution is -2.45. The van der Waals surface area contributed by atoms with Crippen molar-refractivity contribution < 1.29 is 9.08 Å². The van der Waals surface area contributed by atoms with Crippen LogP contribution in [0.4, 0.5) is 10.5 Å². The number of amides is 2. The predicted octanol–water partition coefficient (Wildman–Crippen LogP) is 2.57. The molecule has 2 bridgehead atoms. The summed E-state index contributed by atoms with van der Waals surface area (Å²) >= 11 is 3.83. The van der Waals surface area contributed by atoms with E-state index in [0.29, 0.717) is 13.1 Å². The molecule has 7 heteroatoms. The van der Waals surface area contributed by atoms with Crippen molar-refractivity contribution in [2.75, 3.05) is 11.6 Å². The van der Waals surface area contributed by atoms with Gasteiger partial charge in [-0.1, -0.05) is 24.3 Å². The van der Waals surface area contributed by atoms with Gasteiger partial charge in [0.1, 0.15) is 6.04 Å². The fraction of sp³-hybridized carbons (Fsp3) is 0.200. The number of urea groups is 1. The minimum Gasteiger partial charge on any atom is -0.277 e. The first-order chi connectivity index (χ1) is 10.8. The summed E-state index contributed by atoms with van der Waals surface area (Å²) in [4.78, 5) is 16.6. The van der Waals surface area contributed by atoms with Crippen molar-refractivity contribution in [2.45, 2.75) is 12.6 Å². The first-order valence-electron chi connectivity index (χ1n) is 6.97. The number of rotatable bonds is 3. The van der Waals surface area contributed by atoms with Crippen molar-refractivity contribution in [3.8, 4) is 0 Å². The van der Waals surface area contributed by atoms with Crippen LogP contribution >= 0.6 is 12.9 Å². The van der Waals surface area contributed by atoms with E-state index < -0.39 is 0 Å². The summed E-state index contributed by atoms with van der Waals surface area (Å²) in [6, 6.07) is 11.5. The Labute approximate surface area is 133 Å². The molecule has 1 aromatic carbocycles. The monoisotopic (exact) mass is 314 g/mol. The van der Waals surface area contributed by atoms with E-state index in [1.54, 1.807) is 11.2 Å². The number of anilines is 1. The van der Waals surface area contributed by atoms with Crippen LogP contribution in [0.25, 0.3) is 0 Å². The third-order valence-corrected chi connectivity index (χ3v) is 4.22. The van der Waals surface area contributed by atoms with E-state index in [0.717, 1.165) is 16.8 Å². The van der Waals surface area contributed by atoms with Crippen LogP contribution in [0.5, 0.6) is 0 Å². The molecule has 1 atom stereocenters. The number of hydroxylamine groups is 2. The van der Waals surface area contributed by atoms with Crippen LogP contribution < -0.4 is 5.01 Å². The summed E-state index contributed by atoms with van der Waals surface area (Å²) in [5.74, 6) is 0. The third kappa shape index (κ3) is 1.93. The largest absolute Gasteiger partial charge is 0.364 e. The van der Waals surface area contributed by atoms with Crippen molar-refractivity contribution in [1.29, 1.82) is 0 Å². The van der Waals surface area contributed by atoms with Crippen LogP contribution in [0.2, 0.25) is 0 Å². The number of fused-ring (bicyclic) bond motifs is 4. The number of hydrazine groups is 1. The number of carbonyl (C=O) groups is 1. The van der Waals surface area contributed by atoms with Gasteiger partial charge in [-0.2, -0.15) is 5.06 Å². The second-order valence-corrected chi connectivity index (χ2v) is 5.43. The number of nitrogens with zero attached hydrogens (tertiary/aromatic N) is 4. The topological polar surface area (TPSA) is 48.9 Å². The van der Waals surface area contributed by atoms with E-state index in [4.69, 9.17) is 4.28 Å². The van der Waals surface area contributed by atoms with Crippen LogP contribution in [-0.2, 0) is 10.8 Å². The predicted molar refractivity (Wildman–Crippen MR) is 83.6 cm³/mol. The van der Waals surface area contributed by atoms with Crippen LogP contribution in [0, 0.1) is 0 Å². The molecule has 3 heterocycles. The normalized spacial score (nSPS) is 19.6. The van der Waals surface area contributed by atoms with Crippen LogP contribution in [-0.4, -0.2) is 27.6 Å². The molecule has 2 aromatic rings. The van der Waals surface area contributed by atoms with Crippen molar-refractivity contribution in [1.82, 2.24) is 15.1 Å². The summed E-state index contributed by atoms with van der Waals surface area (Å²) in [6.45, 7) is 1.13. The number of para-hydroxylation sites is 1. The van der Waals surface area contributed by atoms with Crippen LogP contribution in [0.1, 0.15) is 17.2 Å². The Hall–Kier alpha value is -2.25. The SMILES string of the molecule is O=C1N(OS)C2CN1N(Cc1cccnc1)c1ccccc12. The lowest BCUT2D eigenvalue weighted by atomic mass is 10.0. The second kappa shape index (κ2) is 5.19. The first kappa shape index (κ1) is 13.4. The standard InChI is InChI=1S/C15H14N4O2S/c20-15-18-10-14(19(15)21-22)12-5-1-2-6-13(12)17(18)9-11-4-3-7-16-8-11/h1-8,14,22H,9-10H2. The highest BCUT2D eigenvalue weighted by Gasteiger charge is 2.47. The van der Waals surface area contributed by atoms with Gasteiger partial charge in [0, 0.05) is 30.9 Å². The Bertz CT molecular complexity index is 712. The number of thiol groups is 1. The molecule has 0 radical (unpaired) electrons. The summed E-state index contributed by atoms with van der Waals surface area (Å²) in [6.07, 6.45) is 3.54. The summed E-state index contributed by atoms with van der Waals surface area (Å²) in [5, 5.41) is 4.97. The summed E-state index contributed by atoms with van der Waals surface area (Å²) in [7, 11) is 0. The van der Waals surface area contributed by atoms with Gasteiger partial charge in [0.05, 0.1) is 18.8 Å². The highest BCUT2D eigenvalue weighted by molar-refractivity contribution is 7.75. The van der Waals surface area contributed by atoms with Crippen molar-refractivity contribution in [3.63, 3.8) is 0 Å². The van der Waals surface area contributed by atoms with E-state index in [1.807, 2.05) is 47.6 Å². The Morgan fingerprint density at radius 3 is 2.91 bits per heavy atom. The fourth-order valence-corrected chi connectivity index (χ4v) is 3.23. The molecule has 0 aliphatic carbocycles. The lowest BCUT2D eigenvalue weighted by molar-refractivity contribution is -0.00349. The smallest absolute Gasteiger partial charge is 0.277 e. The quantitative estimate of drug-likeness (QED) is 0.699. The molecule has 0 saturated carbocycles. The Balaban J connectivity index is 1.77. The molecule has 22 heavy (non-hydrogen) atoms. The third-order valence-electron chi connectivity index (χ3n) is 4.05. The van der Waals surface area contributed by atoms with E-state index in [9.17, 15) is 4.79 Å². The van der Waals surface area contributed by atoms with Crippen LogP contribution in [0.3, 0.4) is 0 Å². The summed E-state index contributed by atoms with van der Waals surface area (Å²) < 4.78 is 4.99. The molecule has 1 saturated heterocycles. The Morgan fingerprint density at radius 2 is 2.14 bits per heavy atom. The van der Waals surface area contributed by atoms with Gasteiger partial charge < -0.3 is 0 Å². The zero-order chi connectivity index (χ0) is 15.1. The summed E-state index contributed by atoms with van der Waals surface area (Å²) in [5.41, 5.74) is 3.10. The molecule has 112 valence electrons. The minimum atomic E-state index is -0.208. The van der Waals surface area contributed by atoms with Gasteiger partial charge in [-0.25, -0.2) is 14.1 Å². The highest BCUT2D eigenvalue weighted by Crippen LogP contribution is 2.43. The van der Waals surface area contributed by atoms with Crippen molar-refractivity contribution >= 4 is 24.6 Å². The van der Waals surface area contributed by atoms with Crippen molar-refractivity contribution in [2.24, 2.45) is 0 Å². The van der Waals surface area contributed by atoms with Gasteiger partial charge in [-0.3, -0.25) is 9.99 Å². The lowest BCUT2D eigenvalue weighted by Gasteiger charge is -2.37. The number of benzene rings is 1. The fourth-order valence-electron chi connectivity index (χ4n) is 3.05. The van der Waals surface area contributed by atoms with Gasteiger partial charge in [-0.05, 0) is 17.7 Å². The molecule has 2 aliphatic rings. The van der Waals surface area contributed by atoms with E-state index >= 15 is 0 Å². The average molecular weight is 314 g/mol. The van der Waals surface area contributed by atoms with Crippen LogP contribution in [0.15, 0.2) is 48.8 Å². The number of carbonyl (C=O) groups excluding carboxylic acids is 1. The zero-order valence-electron chi connectivity index (χ0n) is 11.7. The molecule has 2 aliphatic heterocycles. The van der Waals surface area contributed by atoms with Gasteiger partial charge in [0.15, 0.2) is 0 Å². The molecule has 1 aromatic heterocycles. The maximum atomic E-state index is 12.5. The molecular weight excluding hydrogens is 300 g/mol. The molecule has 6 nitrogen and oxygen atoms in total. The number of hydrogen-bond acceptors (Lipinski definition) is 5. The molecule has 4 rings (SSSR count). The molecule has 0 spiro atoms. The van der Waals surface area contributed by atoms with Gasteiger partial charge in [-0.15, -0.1) is 0 Å². The Kier molecular flexibility index (Phi) is 3.16. The van der Waals surface area contributed by atoms with E-state index in [1.165, 1.54) is 5.06 Å². The Morgan fingerprint density at radius 1 is 1.27 bits per heavy atom. The molecule has 0 N–H and O–H groups in total. The second-order valence-electron chi connectivity index (χ2n) is 5.27. The molecular formula is C15H14N4O2S. The minimum absolute atomic E-state index is 0.133.